The van der Waals surface area contributed by atoms with Gasteiger partial charge >= 0.3 is 0 Å². The number of nitrogens with one attached hydrogen (secondary N) is 1. The Balaban J connectivity index is 1.99. The van der Waals surface area contributed by atoms with Crippen LogP contribution in [0.3, 0.4) is 0 Å². The van der Waals surface area contributed by atoms with E-state index in [1.54, 1.807) is 0 Å². The van der Waals surface area contributed by atoms with Gasteiger partial charge in [0, 0.05) is 6.04 Å². The second-order valence-corrected chi connectivity index (χ2v) is 5.17. The Bertz CT molecular complexity index is 167. The van der Waals surface area contributed by atoms with E-state index in [1.807, 2.05) is 0 Å². The van der Waals surface area contributed by atoms with Gasteiger partial charge in [-0.2, -0.15) is 0 Å². The second kappa shape index (κ2) is 4.00. The van der Waals surface area contributed by atoms with Gasteiger partial charge in [0.25, 0.3) is 0 Å². The molecule has 1 N–H and O–H groups in total. The van der Waals surface area contributed by atoms with Crippen LogP contribution in [0.1, 0.15) is 45.4 Å². The molecule has 0 aromatic rings. The first-order valence-electron chi connectivity index (χ1n) is 5.98. The van der Waals surface area contributed by atoms with Gasteiger partial charge in [0.1, 0.15) is 0 Å². The molecule has 3 unspecified atom stereocenters. The minimum atomic E-state index is 0.839. The minimum Gasteiger partial charge on any atom is -0.317 e. The van der Waals surface area contributed by atoms with Gasteiger partial charge in [-0.25, -0.2) is 0 Å². The number of hydrogen-bond acceptors (Lipinski definition) is 1. The molecule has 0 aromatic carbocycles. The zero-order valence-electron chi connectivity index (χ0n) is 9.05. The average Bonchev–Trinajstić information content (AvgIpc) is 2.16. The zero-order chi connectivity index (χ0) is 9.26. The molecule has 0 amide bonds. The van der Waals surface area contributed by atoms with E-state index < -0.39 is 0 Å². The summed E-state index contributed by atoms with van der Waals surface area (Å²) in [7, 11) is 2.14. The zero-order valence-corrected chi connectivity index (χ0v) is 9.05. The maximum atomic E-state index is 3.52. The number of rotatable bonds is 1. The van der Waals surface area contributed by atoms with Gasteiger partial charge in [-0.05, 0) is 44.1 Å². The molecule has 1 nitrogen and oxygen atoms in total. The molecule has 2 saturated carbocycles. The van der Waals surface area contributed by atoms with Crippen molar-refractivity contribution in [3.05, 3.63) is 0 Å². The Morgan fingerprint density at radius 1 is 1.08 bits per heavy atom. The van der Waals surface area contributed by atoms with E-state index in [-0.39, 0.29) is 0 Å². The quantitative estimate of drug-likeness (QED) is 0.656. The van der Waals surface area contributed by atoms with Gasteiger partial charge in [-0.3, -0.25) is 0 Å². The van der Waals surface area contributed by atoms with Crippen LogP contribution < -0.4 is 5.32 Å². The Morgan fingerprint density at radius 3 is 2.69 bits per heavy atom. The lowest BCUT2D eigenvalue weighted by molar-refractivity contribution is 0.104. The van der Waals surface area contributed by atoms with E-state index in [1.165, 1.54) is 38.5 Å². The third-order valence-corrected chi connectivity index (χ3v) is 4.28. The SMILES string of the molecule is CNC1CCCC2C[C@H](C)CCC21. The van der Waals surface area contributed by atoms with Crippen LogP contribution in [0.2, 0.25) is 0 Å². The number of hydrogen-bond donors (Lipinski definition) is 1. The van der Waals surface area contributed by atoms with Gasteiger partial charge in [-0.1, -0.05) is 26.2 Å². The van der Waals surface area contributed by atoms with Crippen LogP contribution in [0.4, 0.5) is 0 Å². The maximum Gasteiger partial charge on any atom is 0.00949 e. The minimum absolute atomic E-state index is 0.839. The summed E-state index contributed by atoms with van der Waals surface area (Å²) < 4.78 is 0. The highest BCUT2D eigenvalue weighted by molar-refractivity contribution is 4.89. The van der Waals surface area contributed by atoms with Crippen molar-refractivity contribution in [2.75, 3.05) is 7.05 Å². The molecular formula is C12H23N. The summed E-state index contributed by atoms with van der Waals surface area (Å²) in [5, 5.41) is 3.52. The van der Waals surface area contributed by atoms with Gasteiger partial charge in [0.05, 0.1) is 0 Å². The van der Waals surface area contributed by atoms with Crippen LogP contribution in [0.25, 0.3) is 0 Å². The van der Waals surface area contributed by atoms with E-state index in [0.717, 1.165) is 23.8 Å². The molecule has 2 rings (SSSR count). The standard InChI is InChI=1S/C12H23N/c1-9-6-7-11-10(8-9)4-3-5-12(11)13-2/h9-13H,3-8H2,1-2H3/t9-,10?,11?,12?/m1/s1. The van der Waals surface area contributed by atoms with E-state index in [2.05, 4.69) is 19.3 Å². The Hall–Kier alpha value is -0.0400. The van der Waals surface area contributed by atoms with Crippen molar-refractivity contribution in [2.45, 2.75) is 51.5 Å². The lowest BCUT2D eigenvalue weighted by atomic mass is 9.66. The summed E-state index contributed by atoms with van der Waals surface area (Å²) in [5.41, 5.74) is 0. The number of fused-ring (bicyclic) bond motifs is 1. The fraction of sp³-hybridized carbons (Fsp3) is 1.00. The molecule has 0 bridgehead atoms. The summed E-state index contributed by atoms with van der Waals surface area (Å²) in [6.07, 6.45) is 8.85. The lowest BCUT2D eigenvalue weighted by Gasteiger charge is -2.43. The molecule has 2 aliphatic rings. The van der Waals surface area contributed by atoms with Crippen molar-refractivity contribution in [3.8, 4) is 0 Å². The third kappa shape index (κ3) is 1.90. The highest BCUT2D eigenvalue weighted by Crippen LogP contribution is 2.42. The molecule has 76 valence electrons. The fourth-order valence-corrected chi connectivity index (χ4v) is 3.56. The van der Waals surface area contributed by atoms with E-state index >= 15 is 0 Å². The van der Waals surface area contributed by atoms with Gasteiger partial charge < -0.3 is 5.32 Å². The molecular weight excluding hydrogens is 158 g/mol. The van der Waals surface area contributed by atoms with E-state index in [0.29, 0.717) is 0 Å². The summed E-state index contributed by atoms with van der Waals surface area (Å²) in [6.45, 7) is 2.43. The van der Waals surface area contributed by atoms with Crippen molar-refractivity contribution in [3.63, 3.8) is 0 Å². The van der Waals surface area contributed by atoms with Gasteiger partial charge in [0.15, 0.2) is 0 Å². The van der Waals surface area contributed by atoms with Crippen molar-refractivity contribution in [1.82, 2.24) is 5.32 Å². The maximum absolute atomic E-state index is 3.52. The predicted octanol–water partition coefficient (Wildman–Crippen LogP) is 2.81. The Labute approximate surface area is 82.3 Å². The monoisotopic (exact) mass is 181 g/mol. The van der Waals surface area contributed by atoms with Crippen LogP contribution in [-0.4, -0.2) is 13.1 Å². The molecule has 4 atom stereocenters. The van der Waals surface area contributed by atoms with Crippen LogP contribution in [-0.2, 0) is 0 Å². The topological polar surface area (TPSA) is 12.0 Å². The van der Waals surface area contributed by atoms with Crippen LogP contribution >= 0.6 is 0 Å². The third-order valence-electron chi connectivity index (χ3n) is 4.28. The molecule has 0 aromatic heterocycles. The molecule has 0 radical (unpaired) electrons. The molecule has 0 heterocycles. The van der Waals surface area contributed by atoms with E-state index in [9.17, 15) is 0 Å². The molecule has 13 heavy (non-hydrogen) atoms. The normalized spacial score (nSPS) is 45.7. The first-order valence-corrected chi connectivity index (χ1v) is 5.98. The van der Waals surface area contributed by atoms with Crippen molar-refractivity contribution >= 4 is 0 Å². The van der Waals surface area contributed by atoms with E-state index in [4.69, 9.17) is 0 Å². The first kappa shape index (κ1) is 9.51. The summed E-state index contributed by atoms with van der Waals surface area (Å²) in [6, 6.07) is 0.839. The average molecular weight is 181 g/mol. The summed E-state index contributed by atoms with van der Waals surface area (Å²) in [4.78, 5) is 0. The largest absolute Gasteiger partial charge is 0.317 e. The van der Waals surface area contributed by atoms with Crippen molar-refractivity contribution in [1.29, 1.82) is 0 Å². The lowest BCUT2D eigenvalue weighted by Crippen LogP contribution is -2.43. The smallest absolute Gasteiger partial charge is 0.00949 e. The predicted molar refractivity (Wildman–Crippen MR) is 56.7 cm³/mol. The second-order valence-electron chi connectivity index (χ2n) is 5.17. The highest BCUT2D eigenvalue weighted by Gasteiger charge is 2.35. The Morgan fingerprint density at radius 2 is 1.92 bits per heavy atom. The summed E-state index contributed by atoms with van der Waals surface area (Å²) >= 11 is 0. The van der Waals surface area contributed by atoms with Crippen molar-refractivity contribution < 1.29 is 0 Å². The molecule has 2 aliphatic carbocycles. The van der Waals surface area contributed by atoms with Gasteiger partial charge in [0.2, 0.25) is 0 Å². The molecule has 0 saturated heterocycles. The molecule has 2 fully saturated rings. The van der Waals surface area contributed by atoms with Crippen molar-refractivity contribution in [2.24, 2.45) is 17.8 Å². The molecule has 0 aliphatic heterocycles. The molecule has 1 heteroatoms. The molecule has 0 spiro atoms. The fourth-order valence-electron chi connectivity index (χ4n) is 3.56. The first-order chi connectivity index (χ1) is 6.31. The van der Waals surface area contributed by atoms with Crippen LogP contribution in [0.15, 0.2) is 0 Å². The van der Waals surface area contributed by atoms with Crippen LogP contribution in [0.5, 0.6) is 0 Å². The van der Waals surface area contributed by atoms with Gasteiger partial charge in [-0.15, -0.1) is 0 Å². The van der Waals surface area contributed by atoms with Crippen LogP contribution in [0, 0.1) is 17.8 Å². The summed E-state index contributed by atoms with van der Waals surface area (Å²) in [5.74, 6) is 3.06. The Kier molecular flexibility index (Phi) is 2.92. The highest BCUT2D eigenvalue weighted by atomic mass is 14.9.